The van der Waals surface area contributed by atoms with Gasteiger partial charge in [-0.2, -0.15) is 0 Å². The first-order chi connectivity index (χ1) is 9.61. The van der Waals surface area contributed by atoms with E-state index in [2.05, 4.69) is 21.2 Å². The standard InChI is InChI=1S/C16H18BrNO2/c1-3-11(2)18-15(19)10-20-14-9-8-12-6-4-5-7-13(12)16(14)17/h4-9,11H,3,10H2,1-2H3,(H,18,19). The summed E-state index contributed by atoms with van der Waals surface area (Å²) < 4.78 is 6.47. The van der Waals surface area contributed by atoms with Gasteiger partial charge in [-0.3, -0.25) is 4.79 Å². The summed E-state index contributed by atoms with van der Waals surface area (Å²) in [5.74, 6) is 0.586. The molecule has 0 saturated heterocycles. The highest BCUT2D eigenvalue weighted by Crippen LogP contribution is 2.32. The lowest BCUT2D eigenvalue weighted by Gasteiger charge is -2.13. The van der Waals surface area contributed by atoms with Gasteiger partial charge in [0.25, 0.3) is 5.91 Å². The van der Waals surface area contributed by atoms with Crippen LogP contribution in [0.5, 0.6) is 5.75 Å². The maximum atomic E-state index is 11.7. The monoisotopic (exact) mass is 335 g/mol. The van der Waals surface area contributed by atoms with Crippen LogP contribution in [0, 0.1) is 0 Å². The van der Waals surface area contributed by atoms with E-state index in [0.29, 0.717) is 5.75 Å². The molecule has 0 aliphatic heterocycles. The SMILES string of the molecule is CCC(C)NC(=O)COc1ccc2ccccc2c1Br. The highest BCUT2D eigenvalue weighted by molar-refractivity contribution is 9.10. The van der Waals surface area contributed by atoms with Gasteiger partial charge in [0.1, 0.15) is 5.75 Å². The molecule has 0 bridgehead atoms. The van der Waals surface area contributed by atoms with Crippen molar-refractivity contribution >= 4 is 32.6 Å². The quantitative estimate of drug-likeness (QED) is 0.899. The molecule has 2 rings (SSSR count). The van der Waals surface area contributed by atoms with Crippen LogP contribution < -0.4 is 10.1 Å². The smallest absolute Gasteiger partial charge is 0.258 e. The van der Waals surface area contributed by atoms with Crippen LogP contribution in [0.4, 0.5) is 0 Å². The molecule has 106 valence electrons. The van der Waals surface area contributed by atoms with Crippen molar-refractivity contribution in [3.63, 3.8) is 0 Å². The van der Waals surface area contributed by atoms with Gasteiger partial charge in [0.2, 0.25) is 0 Å². The summed E-state index contributed by atoms with van der Waals surface area (Å²) in [7, 11) is 0. The van der Waals surface area contributed by atoms with Crippen LogP contribution in [-0.4, -0.2) is 18.6 Å². The van der Waals surface area contributed by atoms with Crippen molar-refractivity contribution in [1.82, 2.24) is 5.32 Å². The predicted molar refractivity (Wildman–Crippen MR) is 85.0 cm³/mol. The van der Waals surface area contributed by atoms with Gasteiger partial charge in [-0.05, 0) is 46.1 Å². The molecule has 0 aromatic heterocycles. The second kappa shape index (κ2) is 6.75. The van der Waals surface area contributed by atoms with Gasteiger partial charge in [0.05, 0.1) is 4.47 Å². The molecule has 0 heterocycles. The van der Waals surface area contributed by atoms with E-state index in [9.17, 15) is 4.79 Å². The number of ether oxygens (including phenoxy) is 1. The normalized spacial score (nSPS) is 12.2. The highest BCUT2D eigenvalue weighted by atomic mass is 79.9. The van der Waals surface area contributed by atoms with Crippen LogP contribution in [0.15, 0.2) is 40.9 Å². The molecule has 1 N–H and O–H groups in total. The number of carbonyl (C=O) groups excluding carboxylic acids is 1. The van der Waals surface area contributed by atoms with Crippen LogP contribution in [0.25, 0.3) is 10.8 Å². The van der Waals surface area contributed by atoms with E-state index < -0.39 is 0 Å². The van der Waals surface area contributed by atoms with E-state index >= 15 is 0 Å². The topological polar surface area (TPSA) is 38.3 Å². The molecule has 0 aliphatic carbocycles. The summed E-state index contributed by atoms with van der Waals surface area (Å²) >= 11 is 3.54. The predicted octanol–water partition coefficient (Wildman–Crippen LogP) is 3.90. The zero-order chi connectivity index (χ0) is 14.5. The van der Waals surface area contributed by atoms with E-state index in [4.69, 9.17) is 4.74 Å². The fraction of sp³-hybridized carbons (Fsp3) is 0.312. The van der Waals surface area contributed by atoms with Crippen LogP contribution in [-0.2, 0) is 4.79 Å². The van der Waals surface area contributed by atoms with Gasteiger partial charge in [0.15, 0.2) is 6.61 Å². The first-order valence-corrected chi connectivity index (χ1v) is 7.50. The average molecular weight is 336 g/mol. The first kappa shape index (κ1) is 14.9. The number of hydrogen-bond donors (Lipinski definition) is 1. The van der Waals surface area contributed by atoms with Gasteiger partial charge in [0, 0.05) is 6.04 Å². The molecule has 2 aromatic carbocycles. The van der Waals surface area contributed by atoms with Crippen molar-refractivity contribution in [2.75, 3.05) is 6.61 Å². The van der Waals surface area contributed by atoms with Crippen molar-refractivity contribution in [2.45, 2.75) is 26.3 Å². The lowest BCUT2D eigenvalue weighted by molar-refractivity contribution is -0.123. The molecule has 2 aromatic rings. The number of nitrogens with one attached hydrogen (secondary N) is 1. The Hall–Kier alpha value is -1.55. The van der Waals surface area contributed by atoms with Crippen LogP contribution in [0.2, 0.25) is 0 Å². The summed E-state index contributed by atoms with van der Waals surface area (Å²) in [6.45, 7) is 4.04. The third-order valence-electron chi connectivity index (χ3n) is 3.21. The minimum absolute atomic E-state index is 0.0290. The molecule has 0 radical (unpaired) electrons. The van der Waals surface area contributed by atoms with Crippen LogP contribution >= 0.6 is 15.9 Å². The Morgan fingerprint density at radius 2 is 2.05 bits per heavy atom. The Kier molecular flexibility index (Phi) is 5.01. The maximum absolute atomic E-state index is 11.7. The molecule has 1 amide bonds. The third-order valence-corrected chi connectivity index (χ3v) is 4.02. The summed E-state index contributed by atoms with van der Waals surface area (Å²) in [5, 5.41) is 5.09. The Balaban J connectivity index is 2.07. The molecule has 0 fully saturated rings. The largest absolute Gasteiger partial charge is 0.483 e. The minimum Gasteiger partial charge on any atom is -0.483 e. The molecular formula is C16H18BrNO2. The van der Waals surface area contributed by atoms with Gasteiger partial charge >= 0.3 is 0 Å². The summed E-state index contributed by atoms with van der Waals surface area (Å²) in [6.07, 6.45) is 0.908. The molecule has 1 unspecified atom stereocenters. The summed E-state index contributed by atoms with van der Waals surface area (Å²) in [5.41, 5.74) is 0. The maximum Gasteiger partial charge on any atom is 0.258 e. The average Bonchev–Trinajstić information content (AvgIpc) is 2.46. The van der Waals surface area contributed by atoms with Gasteiger partial charge in [-0.15, -0.1) is 0 Å². The summed E-state index contributed by atoms with van der Waals surface area (Å²) in [6, 6.07) is 12.1. The second-order valence-corrected chi connectivity index (χ2v) is 5.56. The van der Waals surface area contributed by atoms with E-state index in [1.54, 1.807) is 0 Å². The lowest BCUT2D eigenvalue weighted by atomic mass is 10.1. The van der Waals surface area contributed by atoms with E-state index in [-0.39, 0.29) is 18.6 Å². The van der Waals surface area contributed by atoms with Crippen molar-refractivity contribution in [1.29, 1.82) is 0 Å². The van der Waals surface area contributed by atoms with Crippen LogP contribution in [0.1, 0.15) is 20.3 Å². The summed E-state index contributed by atoms with van der Waals surface area (Å²) in [4.78, 5) is 11.7. The number of fused-ring (bicyclic) bond motifs is 1. The number of halogens is 1. The third kappa shape index (κ3) is 3.51. The molecule has 4 heteroatoms. The van der Waals surface area contributed by atoms with Gasteiger partial charge in [-0.1, -0.05) is 37.3 Å². The zero-order valence-electron chi connectivity index (χ0n) is 11.7. The fourth-order valence-corrected chi connectivity index (χ4v) is 2.49. The van der Waals surface area contributed by atoms with E-state index in [0.717, 1.165) is 21.7 Å². The Morgan fingerprint density at radius 3 is 2.80 bits per heavy atom. The Labute approximate surface area is 127 Å². The highest BCUT2D eigenvalue weighted by Gasteiger charge is 2.09. The molecule has 3 nitrogen and oxygen atoms in total. The Morgan fingerprint density at radius 1 is 1.30 bits per heavy atom. The molecule has 0 aliphatic rings. The second-order valence-electron chi connectivity index (χ2n) is 4.76. The van der Waals surface area contributed by atoms with Crippen molar-refractivity contribution in [3.8, 4) is 5.75 Å². The number of rotatable bonds is 5. The lowest BCUT2D eigenvalue weighted by Crippen LogP contribution is -2.35. The molecule has 1 atom stereocenters. The minimum atomic E-state index is -0.0978. The number of amides is 1. The number of hydrogen-bond acceptors (Lipinski definition) is 2. The van der Waals surface area contributed by atoms with Crippen molar-refractivity contribution in [2.24, 2.45) is 0 Å². The van der Waals surface area contributed by atoms with Gasteiger partial charge in [-0.25, -0.2) is 0 Å². The van der Waals surface area contributed by atoms with E-state index in [1.165, 1.54) is 0 Å². The van der Waals surface area contributed by atoms with Crippen LogP contribution in [0.3, 0.4) is 0 Å². The Bertz CT molecular complexity index is 612. The van der Waals surface area contributed by atoms with Crippen molar-refractivity contribution in [3.05, 3.63) is 40.9 Å². The molecular weight excluding hydrogens is 318 g/mol. The zero-order valence-corrected chi connectivity index (χ0v) is 13.2. The molecule has 0 spiro atoms. The fourth-order valence-electron chi connectivity index (χ4n) is 1.89. The molecule has 20 heavy (non-hydrogen) atoms. The number of carbonyl (C=O) groups is 1. The van der Waals surface area contributed by atoms with E-state index in [1.807, 2.05) is 50.2 Å². The first-order valence-electron chi connectivity index (χ1n) is 6.71. The molecule has 0 saturated carbocycles. The number of benzene rings is 2. The van der Waals surface area contributed by atoms with Crippen molar-refractivity contribution < 1.29 is 9.53 Å². The van der Waals surface area contributed by atoms with Gasteiger partial charge < -0.3 is 10.1 Å².